The number of phenols is 1. The first-order chi connectivity index (χ1) is 11.5. The molecule has 6 heteroatoms. The largest absolute Gasteiger partial charge is 0.508 e. The van der Waals surface area contributed by atoms with E-state index in [1.807, 2.05) is 0 Å². The summed E-state index contributed by atoms with van der Waals surface area (Å²) in [5, 5.41) is 10.0. The number of carbonyl (C=O) groups excluding carboxylic acids is 2. The van der Waals surface area contributed by atoms with Gasteiger partial charge in [0.1, 0.15) is 17.2 Å². The van der Waals surface area contributed by atoms with Crippen molar-refractivity contribution in [3.63, 3.8) is 0 Å². The van der Waals surface area contributed by atoms with E-state index in [0.717, 1.165) is 0 Å². The highest BCUT2D eigenvalue weighted by Crippen LogP contribution is 2.32. The maximum absolute atomic E-state index is 11.4. The number of esters is 2. The summed E-state index contributed by atoms with van der Waals surface area (Å²) in [5.41, 5.74) is 0.923. The van der Waals surface area contributed by atoms with Crippen LogP contribution >= 0.6 is 0 Å². The molecular formula is C18H18O6. The van der Waals surface area contributed by atoms with Gasteiger partial charge in [-0.15, -0.1) is 0 Å². The monoisotopic (exact) mass is 330 g/mol. The molecule has 1 N–H and O–H groups in total. The number of hydrogen-bond donors (Lipinski definition) is 1. The van der Waals surface area contributed by atoms with Crippen molar-refractivity contribution in [2.75, 3.05) is 14.2 Å². The van der Waals surface area contributed by atoms with Gasteiger partial charge in [0.05, 0.1) is 19.8 Å². The Balaban J connectivity index is 2.18. The van der Waals surface area contributed by atoms with Gasteiger partial charge in [-0.2, -0.15) is 0 Å². The zero-order valence-electron chi connectivity index (χ0n) is 13.4. The fraction of sp³-hybridized carbons (Fsp3) is 0.222. The molecule has 0 saturated heterocycles. The molecular weight excluding hydrogens is 312 g/mol. The average Bonchev–Trinajstić information content (AvgIpc) is 2.61. The molecule has 0 aliphatic heterocycles. The zero-order valence-corrected chi connectivity index (χ0v) is 13.4. The van der Waals surface area contributed by atoms with Gasteiger partial charge in [0.25, 0.3) is 0 Å². The van der Waals surface area contributed by atoms with Crippen molar-refractivity contribution in [1.29, 1.82) is 0 Å². The minimum atomic E-state index is -0.433. The lowest BCUT2D eigenvalue weighted by Gasteiger charge is -2.12. The van der Waals surface area contributed by atoms with Gasteiger partial charge < -0.3 is 19.3 Å². The zero-order chi connectivity index (χ0) is 17.5. The lowest BCUT2D eigenvalue weighted by Crippen LogP contribution is -2.03. The van der Waals surface area contributed by atoms with Crippen LogP contribution < -0.4 is 4.74 Å². The third kappa shape index (κ3) is 4.25. The van der Waals surface area contributed by atoms with Crippen LogP contribution in [0.15, 0.2) is 42.5 Å². The highest BCUT2D eigenvalue weighted by molar-refractivity contribution is 5.89. The number of rotatable bonds is 6. The normalized spacial score (nSPS) is 10.1. The molecule has 0 atom stereocenters. The Morgan fingerprint density at radius 3 is 2.33 bits per heavy atom. The second kappa shape index (κ2) is 8.01. The van der Waals surface area contributed by atoms with Crippen LogP contribution in [0.3, 0.4) is 0 Å². The van der Waals surface area contributed by atoms with Crippen LogP contribution in [0.1, 0.15) is 22.3 Å². The number of ether oxygens (including phenoxy) is 3. The van der Waals surface area contributed by atoms with Crippen molar-refractivity contribution in [2.45, 2.75) is 12.8 Å². The first kappa shape index (κ1) is 17.3. The highest BCUT2D eigenvalue weighted by atomic mass is 16.5. The van der Waals surface area contributed by atoms with Crippen LogP contribution in [0.25, 0.3) is 0 Å². The summed E-state index contributed by atoms with van der Waals surface area (Å²) in [6.45, 7) is 0. The van der Waals surface area contributed by atoms with Gasteiger partial charge in [-0.3, -0.25) is 4.79 Å². The standard InChI is InChI=1S/C18H18O6/c1-22-17(20)11-10-14-15(19)4-3-5-16(14)24-13-8-6-12(7-9-13)18(21)23-2/h3-9,19H,10-11H2,1-2H3. The first-order valence-corrected chi connectivity index (χ1v) is 7.29. The fourth-order valence-electron chi connectivity index (χ4n) is 2.13. The molecule has 0 radical (unpaired) electrons. The van der Waals surface area contributed by atoms with Crippen molar-refractivity contribution in [2.24, 2.45) is 0 Å². The van der Waals surface area contributed by atoms with Crippen molar-refractivity contribution < 1.29 is 28.9 Å². The Hall–Kier alpha value is -3.02. The van der Waals surface area contributed by atoms with Gasteiger partial charge in [0, 0.05) is 12.0 Å². The van der Waals surface area contributed by atoms with E-state index in [-0.39, 0.29) is 24.6 Å². The SMILES string of the molecule is COC(=O)CCc1c(O)cccc1Oc1ccc(C(=O)OC)cc1. The molecule has 0 unspecified atom stereocenters. The molecule has 6 nitrogen and oxygen atoms in total. The Bertz CT molecular complexity index is 721. The molecule has 0 aliphatic rings. The third-order valence-electron chi connectivity index (χ3n) is 3.42. The lowest BCUT2D eigenvalue weighted by molar-refractivity contribution is -0.140. The van der Waals surface area contributed by atoms with Gasteiger partial charge in [0.15, 0.2) is 0 Å². The molecule has 0 bridgehead atoms. The van der Waals surface area contributed by atoms with E-state index < -0.39 is 5.97 Å². The minimum absolute atomic E-state index is 0.0441. The minimum Gasteiger partial charge on any atom is -0.508 e. The van der Waals surface area contributed by atoms with Crippen LogP contribution in [0, 0.1) is 0 Å². The predicted octanol–water partition coefficient (Wildman–Crippen LogP) is 3.08. The fourth-order valence-corrected chi connectivity index (χ4v) is 2.13. The quantitative estimate of drug-likeness (QED) is 0.820. The molecule has 0 aromatic heterocycles. The van der Waals surface area contributed by atoms with Gasteiger partial charge in [-0.25, -0.2) is 4.79 Å². The van der Waals surface area contributed by atoms with Gasteiger partial charge in [-0.1, -0.05) is 6.07 Å². The number of benzene rings is 2. The molecule has 2 aromatic carbocycles. The molecule has 2 aromatic rings. The number of phenolic OH excluding ortho intramolecular Hbond substituents is 1. The summed E-state index contributed by atoms with van der Waals surface area (Å²) in [7, 11) is 2.63. The molecule has 0 fully saturated rings. The maximum Gasteiger partial charge on any atom is 0.337 e. The van der Waals surface area contributed by atoms with E-state index in [2.05, 4.69) is 9.47 Å². The second-order valence-electron chi connectivity index (χ2n) is 4.95. The molecule has 0 saturated carbocycles. The molecule has 0 heterocycles. The number of hydrogen-bond acceptors (Lipinski definition) is 6. The summed E-state index contributed by atoms with van der Waals surface area (Å²) in [6, 6.07) is 11.3. The summed E-state index contributed by atoms with van der Waals surface area (Å²) in [6.07, 6.45) is 0.417. The topological polar surface area (TPSA) is 82.1 Å². The highest BCUT2D eigenvalue weighted by Gasteiger charge is 2.13. The summed E-state index contributed by atoms with van der Waals surface area (Å²) in [4.78, 5) is 22.7. The lowest BCUT2D eigenvalue weighted by atomic mass is 10.1. The Kier molecular flexibility index (Phi) is 5.78. The van der Waals surface area contributed by atoms with E-state index in [1.165, 1.54) is 20.3 Å². The van der Waals surface area contributed by atoms with Gasteiger partial charge in [0.2, 0.25) is 0 Å². The van der Waals surface area contributed by atoms with Crippen LogP contribution in [0.4, 0.5) is 0 Å². The van der Waals surface area contributed by atoms with Gasteiger partial charge >= 0.3 is 11.9 Å². The summed E-state index contributed by atoms with van der Waals surface area (Å²) >= 11 is 0. The van der Waals surface area contributed by atoms with Gasteiger partial charge in [-0.05, 0) is 42.8 Å². The van der Waals surface area contributed by atoms with Crippen LogP contribution in [-0.2, 0) is 20.7 Å². The van der Waals surface area contributed by atoms with Crippen LogP contribution in [0.2, 0.25) is 0 Å². The number of aromatic hydroxyl groups is 1. The molecule has 24 heavy (non-hydrogen) atoms. The number of carbonyl (C=O) groups is 2. The van der Waals surface area contributed by atoms with E-state index >= 15 is 0 Å². The Morgan fingerprint density at radius 2 is 1.71 bits per heavy atom. The first-order valence-electron chi connectivity index (χ1n) is 7.29. The maximum atomic E-state index is 11.4. The van der Waals surface area contributed by atoms with Crippen LogP contribution in [-0.4, -0.2) is 31.3 Å². The van der Waals surface area contributed by atoms with Crippen molar-refractivity contribution in [3.8, 4) is 17.2 Å². The van der Waals surface area contributed by atoms with Crippen molar-refractivity contribution >= 4 is 11.9 Å². The van der Waals surface area contributed by atoms with E-state index in [1.54, 1.807) is 36.4 Å². The van der Waals surface area contributed by atoms with E-state index in [9.17, 15) is 14.7 Å². The predicted molar refractivity (Wildman–Crippen MR) is 86.3 cm³/mol. The Morgan fingerprint density at radius 1 is 1.00 bits per heavy atom. The third-order valence-corrected chi connectivity index (χ3v) is 3.42. The molecule has 2 rings (SSSR count). The Labute approximate surface area is 139 Å². The summed E-state index contributed by atoms with van der Waals surface area (Å²) < 4.78 is 15.0. The van der Waals surface area contributed by atoms with E-state index in [4.69, 9.17) is 4.74 Å². The number of methoxy groups -OCH3 is 2. The molecule has 0 spiro atoms. The van der Waals surface area contributed by atoms with Crippen molar-refractivity contribution in [3.05, 3.63) is 53.6 Å². The second-order valence-corrected chi connectivity index (χ2v) is 4.95. The summed E-state index contributed by atoms with van der Waals surface area (Å²) in [5.74, 6) is 0.171. The molecule has 0 aliphatic carbocycles. The molecule has 126 valence electrons. The average molecular weight is 330 g/mol. The smallest absolute Gasteiger partial charge is 0.337 e. The molecule has 0 amide bonds. The van der Waals surface area contributed by atoms with Crippen molar-refractivity contribution in [1.82, 2.24) is 0 Å². The van der Waals surface area contributed by atoms with E-state index in [0.29, 0.717) is 22.6 Å². The van der Waals surface area contributed by atoms with Crippen LogP contribution in [0.5, 0.6) is 17.2 Å².